The van der Waals surface area contributed by atoms with Gasteiger partial charge < -0.3 is 15.1 Å². The summed E-state index contributed by atoms with van der Waals surface area (Å²) in [6.45, 7) is 3.93. The number of hydrogen-bond acceptors (Lipinski definition) is 6. The molecule has 0 saturated carbocycles. The Bertz CT molecular complexity index is 685. The van der Waals surface area contributed by atoms with Crippen molar-refractivity contribution in [1.29, 1.82) is 0 Å². The van der Waals surface area contributed by atoms with Gasteiger partial charge in [0.15, 0.2) is 9.84 Å². The van der Waals surface area contributed by atoms with E-state index in [0.29, 0.717) is 19.6 Å². The molecule has 7 nitrogen and oxygen atoms in total. The minimum Gasteiger partial charge on any atom is -0.465 e. The standard InChI is InChI=1S/C15H23N3O4S/c1-11-2-3-12(22-11)8-17-6-7-18(15(19)4-5-16)14-10-23(20,21)9-13(14)17/h2-3,13-14H,4-10,16H2,1H3/t13-,14+/m0/s1. The lowest BCUT2D eigenvalue weighted by atomic mass is 10.0. The molecule has 0 spiro atoms. The SMILES string of the molecule is Cc1ccc(CN2CCN(C(=O)CCN)[C@@H]3CS(=O)(=O)C[C@@H]32)o1. The van der Waals surface area contributed by atoms with Crippen LogP contribution in [-0.2, 0) is 21.2 Å². The summed E-state index contributed by atoms with van der Waals surface area (Å²) < 4.78 is 29.8. The Morgan fingerprint density at radius 1 is 1.30 bits per heavy atom. The largest absolute Gasteiger partial charge is 0.465 e. The van der Waals surface area contributed by atoms with Gasteiger partial charge in [-0.25, -0.2) is 8.42 Å². The highest BCUT2D eigenvalue weighted by Crippen LogP contribution is 2.28. The lowest BCUT2D eigenvalue weighted by Gasteiger charge is -2.43. The highest BCUT2D eigenvalue weighted by molar-refractivity contribution is 7.91. The van der Waals surface area contributed by atoms with Crippen LogP contribution in [0.2, 0.25) is 0 Å². The number of hydrogen-bond donors (Lipinski definition) is 1. The van der Waals surface area contributed by atoms with E-state index in [9.17, 15) is 13.2 Å². The summed E-state index contributed by atoms with van der Waals surface area (Å²) in [5.41, 5.74) is 5.47. The van der Waals surface area contributed by atoms with Crippen LogP contribution in [0.25, 0.3) is 0 Å². The first kappa shape index (κ1) is 16.5. The fourth-order valence-corrected chi connectivity index (χ4v) is 5.58. The Kier molecular flexibility index (Phi) is 4.48. The molecule has 0 unspecified atom stereocenters. The van der Waals surface area contributed by atoms with Crippen LogP contribution in [-0.4, -0.2) is 67.3 Å². The summed E-state index contributed by atoms with van der Waals surface area (Å²) in [6.07, 6.45) is 0.265. The van der Waals surface area contributed by atoms with Crippen molar-refractivity contribution in [3.63, 3.8) is 0 Å². The second-order valence-corrected chi connectivity index (χ2v) is 8.47. The molecular formula is C15H23N3O4S. The van der Waals surface area contributed by atoms with E-state index in [2.05, 4.69) is 4.90 Å². The van der Waals surface area contributed by atoms with E-state index in [-0.39, 0.29) is 42.5 Å². The van der Waals surface area contributed by atoms with Crippen LogP contribution in [0.3, 0.4) is 0 Å². The van der Waals surface area contributed by atoms with Gasteiger partial charge in [-0.15, -0.1) is 0 Å². The molecule has 23 heavy (non-hydrogen) atoms. The molecule has 2 aliphatic rings. The lowest BCUT2D eigenvalue weighted by Crippen LogP contribution is -2.60. The zero-order valence-electron chi connectivity index (χ0n) is 13.3. The molecule has 1 amide bonds. The molecule has 2 fully saturated rings. The monoisotopic (exact) mass is 341 g/mol. The van der Waals surface area contributed by atoms with Crippen LogP contribution in [0.15, 0.2) is 16.5 Å². The molecule has 0 aliphatic carbocycles. The molecular weight excluding hydrogens is 318 g/mol. The Hall–Kier alpha value is -1.38. The predicted octanol–water partition coefficient (Wildman–Crippen LogP) is -0.253. The number of amides is 1. The fraction of sp³-hybridized carbons (Fsp3) is 0.667. The highest BCUT2D eigenvalue weighted by Gasteiger charge is 2.47. The van der Waals surface area contributed by atoms with Crippen molar-refractivity contribution in [3.05, 3.63) is 23.7 Å². The summed E-state index contributed by atoms with van der Waals surface area (Å²) in [5, 5.41) is 0. The number of piperazine rings is 1. The number of furan rings is 1. The number of rotatable bonds is 4. The number of nitrogens with two attached hydrogens (primary N) is 1. The Balaban J connectivity index is 1.79. The molecule has 2 N–H and O–H groups in total. The van der Waals surface area contributed by atoms with E-state index < -0.39 is 9.84 Å². The molecule has 2 saturated heterocycles. The van der Waals surface area contributed by atoms with Gasteiger partial charge >= 0.3 is 0 Å². The summed E-state index contributed by atoms with van der Waals surface area (Å²) in [4.78, 5) is 16.1. The third-order valence-corrected chi connectivity index (χ3v) is 6.32. The van der Waals surface area contributed by atoms with Gasteiger partial charge in [0, 0.05) is 32.1 Å². The number of nitrogens with zero attached hydrogens (tertiary/aromatic N) is 2. The molecule has 0 aromatic carbocycles. The third kappa shape index (κ3) is 3.44. The van der Waals surface area contributed by atoms with Gasteiger partial charge in [-0.2, -0.15) is 0 Å². The second-order valence-electron chi connectivity index (χ2n) is 6.32. The van der Waals surface area contributed by atoms with Crippen molar-refractivity contribution in [3.8, 4) is 0 Å². The number of sulfone groups is 1. The van der Waals surface area contributed by atoms with Gasteiger partial charge in [-0.1, -0.05) is 0 Å². The van der Waals surface area contributed by atoms with E-state index in [4.69, 9.17) is 10.2 Å². The van der Waals surface area contributed by atoms with Crippen molar-refractivity contribution in [2.75, 3.05) is 31.1 Å². The van der Waals surface area contributed by atoms with Crippen LogP contribution >= 0.6 is 0 Å². The fourth-order valence-electron chi connectivity index (χ4n) is 3.57. The minimum absolute atomic E-state index is 0.0433. The van der Waals surface area contributed by atoms with Gasteiger partial charge in [0.1, 0.15) is 11.5 Å². The van der Waals surface area contributed by atoms with Crippen LogP contribution in [0.4, 0.5) is 0 Å². The minimum atomic E-state index is -3.13. The van der Waals surface area contributed by atoms with E-state index in [1.165, 1.54) is 0 Å². The number of carbonyl (C=O) groups excluding carboxylic acids is 1. The Labute approximate surface area is 136 Å². The first-order chi connectivity index (χ1) is 10.9. The smallest absolute Gasteiger partial charge is 0.224 e. The van der Waals surface area contributed by atoms with Crippen molar-refractivity contribution >= 4 is 15.7 Å². The maximum Gasteiger partial charge on any atom is 0.224 e. The van der Waals surface area contributed by atoms with Crippen molar-refractivity contribution in [1.82, 2.24) is 9.80 Å². The zero-order chi connectivity index (χ0) is 16.6. The Morgan fingerprint density at radius 3 is 2.70 bits per heavy atom. The molecule has 0 bridgehead atoms. The van der Waals surface area contributed by atoms with E-state index >= 15 is 0 Å². The van der Waals surface area contributed by atoms with Gasteiger partial charge in [-0.3, -0.25) is 9.69 Å². The molecule has 0 radical (unpaired) electrons. The quantitative estimate of drug-likeness (QED) is 0.811. The molecule has 3 heterocycles. The topological polar surface area (TPSA) is 96.9 Å². The average molecular weight is 341 g/mol. The second kappa shape index (κ2) is 6.26. The summed E-state index contributed by atoms with van der Waals surface area (Å²) in [6, 6.07) is 3.38. The van der Waals surface area contributed by atoms with E-state index in [1.54, 1.807) is 4.90 Å². The number of carbonyl (C=O) groups is 1. The van der Waals surface area contributed by atoms with Gasteiger partial charge in [0.2, 0.25) is 5.91 Å². The number of fused-ring (bicyclic) bond motifs is 1. The van der Waals surface area contributed by atoms with Crippen molar-refractivity contribution in [2.45, 2.75) is 32.0 Å². The first-order valence-corrected chi connectivity index (χ1v) is 9.71. The van der Waals surface area contributed by atoms with Crippen LogP contribution in [0.1, 0.15) is 17.9 Å². The van der Waals surface area contributed by atoms with Crippen LogP contribution < -0.4 is 5.73 Å². The first-order valence-electron chi connectivity index (χ1n) is 7.89. The van der Waals surface area contributed by atoms with Crippen LogP contribution in [0.5, 0.6) is 0 Å². The predicted molar refractivity (Wildman–Crippen MR) is 85.5 cm³/mol. The molecule has 2 aliphatic heterocycles. The molecule has 3 rings (SSSR count). The van der Waals surface area contributed by atoms with Gasteiger partial charge in [0.05, 0.1) is 24.1 Å². The molecule has 128 valence electrons. The third-order valence-electron chi connectivity index (χ3n) is 4.62. The van der Waals surface area contributed by atoms with Gasteiger partial charge in [0.25, 0.3) is 0 Å². The Morgan fingerprint density at radius 2 is 2.04 bits per heavy atom. The van der Waals surface area contributed by atoms with Crippen molar-refractivity contribution < 1.29 is 17.6 Å². The molecule has 2 atom stereocenters. The van der Waals surface area contributed by atoms with Crippen molar-refractivity contribution in [2.24, 2.45) is 5.73 Å². The normalized spacial score (nSPS) is 27.1. The molecule has 1 aromatic heterocycles. The maximum absolute atomic E-state index is 12.2. The molecule has 1 aromatic rings. The van der Waals surface area contributed by atoms with Gasteiger partial charge in [-0.05, 0) is 19.1 Å². The summed E-state index contributed by atoms with van der Waals surface area (Å²) in [5.74, 6) is 1.76. The van der Waals surface area contributed by atoms with E-state index in [1.807, 2.05) is 19.1 Å². The zero-order valence-corrected chi connectivity index (χ0v) is 14.1. The van der Waals surface area contributed by atoms with Crippen LogP contribution in [0, 0.1) is 6.92 Å². The maximum atomic E-state index is 12.2. The highest BCUT2D eigenvalue weighted by atomic mass is 32.2. The van der Waals surface area contributed by atoms with E-state index in [0.717, 1.165) is 11.5 Å². The summed E-state index contributed by atoms with van der Waals surface area (Å²) >= 11 is 0. The number of aryl methyl sites for hydroxylation is 1. The average Bonchev–Trinajstić information content (AvgIpc) is 3.01. The summed E-state index contributed by atoms with van der Waals surface area (Å²) in [7, 11) is -3.13. The molecule has 8 heteroatoms. The lowest BCUT2D eigenvalue weighted by molar-refractivity contribution is -0.137.